The second-order valence-electron chi connectivity index (χ2n) is 5.88. The van der Waals surface area contributed by atoms with Gasteiger partial charge in [0.2, 0.25) is 0 Å². The van der Waals surface area contributed by atoms with E-state index in [1.165, 1.54) is 6.08 Å². The molecule has 0 aliphatic carbocycles. The molecule has 3 N–H and O–H groups in total. The molecule has 21 heavy (non-hydrogen) atoms. The fraction of sp³-hybridized carbons (Fsp3) is 0.375. The van der Waals surface area contributed by atoms with Crippen LogP contribution in [0.15, 0.2) is 23.4 Å². The van der Waals surface area contributed by atoms with E-state index in [2.05, 4.69) is 5.16 Å². The van der Waals surface area contributed by atoms with Crippen molar-refractivity contribution in [2.24, 2.45) is 10.9 Å². The first-order chi connectivity index (χ1) is 9.64. The molecular weight excluding hydrogens is 268 g/mol. The van der Waals surface area contributed by atoms with Gasteiger partial charge in [-0.1, -0.05) is 5.16 Å². The van der Waals surface area contributed by atoms with Gasteiger partial charge in [0.15, 0.2) is 5.84 Å². The lowest BCUT2D eigenvalue weighted by Crippen LogP contribution is -2.22. The minimum absolute atomic E-state index is 0.0591. The van der Waals surface area contributed by atoms with Gasteiger partial charge in [-0.05, 0) is 69.5 Å². The number of esters is 1. The van der Waals surface area contributed by atoms with Crippen LogP contribution in [-0.4, -0.2) is 22.6 Å². The molecule has 5 nitrogen and oxygen atoms in total. The largest absolute Gasteiger partial charge is 0.457 e. The number of hydrogen-bond acceptors (Lipinski definition) is 4. The van der Waals surface area contributed by atoms with Crippen molar-refractivity contribution in [1.29, 1.82) is 0 Å². The number of ether oxygens (including phenoxy) is 1. The second kappa shape index (κ2) is 6.43. The maximum atomic E-state index is 11.7. The van der Waals surface area contributed by atoms with Crippen molar-refractivity contribution < 1.29 is 14.7 Å². The van der Waals surface area contributed by atoms with Crippen LogP contribution in [0.2, 0.25) is 0 Å². The third kappa shape index (κ3) is 4.95. The summed E-state index contributed by atoms with van der Waals surface area (Å²) in [6, 6.07) is 3.60. The van der Waals surface area contributed by atoms with E-state index < -0.39 is 5.60 Å². The molecule has 1 aromatic carbocycles. The maximum absolute atomic E-state index is 11.7. The molecule has 0 saturated heterocycles. The van der Waals surface area contributed by atoms with Gasteiger partial charge < -0.3 is 15.7 Å². The van der Waals surface area contributed by atoms with Gasteiger partial charge in [-0.2, -0.15) is 0 Å². The smallest absolute Gasteiger partial charge is 0.331 e. The topological polar surface area (TPSA) is 84.9 Å². The highest BCUT2D eigenvalue weighted by molar-refractivity contribution is 5.98. The summed E-state index contributed by atoms with van der Waals surface area (Å²) in [6.07, 6.45) is 3.12. The Morgan fingerprint density at radius 2 is 1.81 bits per heavy atom. The molecular formula is C16H22N2O3. The van der Waals surface area contributed by atoms with Gasteiger partial charge in [0.25, 0.3) is 0 Å². The van der Waals surface area contributed by atoms with Crippen LogP contribution >= 0.6 is 0 Å². The first-order valence-corrected chi connectivity index (χ1v) is 6.64. The molecule has 0 amide bonds. The summed E-state index contributed by atoms with van der Waals surface area (Å²) in [4.78, 5) is 11.7. The molecule has 5 heteroatoms. The Morgan fingerprint density at radius 1 is 1.29 bits per heavy atom. The predicted molar refractivity (Wildman–Crippen MR) is 83.3 cm³/mol. The number of hydrogen-bond donors (Lipinski definition) is 2. The summed E-state index contributed by atoms with van der Waals surface area (Å²) in [5.74, 6) is -0.328. The molecule has 0 atom stereocenters. The van der Waals surface area contributed by atoms with Crippen molar-refractivity contribution in [3.63, 3.8) is 0 Å². The lowest BCUT2D eigenvalue weighted by Gasteiger charge is -2.18. The number of oxime groups is 1. The monoisotopic (exact) mass is 290 g/mol. The highest BCUT2D eigenvalue weighted by atomic mass is 16.6. The van der Waals surface area contributed by atoms with Crippen molar-refractivity contribution in [3.8, 4) is 0 Å². The van der Waals surface area contributed by atoms with Crippen LogP contribution in [0.1, 0.15) is 43.0 Å². The van der Waals surface area contributed by atoms with Crippen LogP contribution in [-0.2, 0) is 9.53 Å². The summed E-state index contributed by atoms with van der Waals surface area (Å²) in [5, 5.41) is 11.7. The van der Waals surface area contributed by atoms with Crippen molar-refractivity contribution in [1.82, 2.24) is 0 Å². The lowest BCUT2D eigenvalue weighted by molar-refractivity contribution is -0.148. The number of nitrogens with two attached hydrogens (primary N) is 1. The van der Waals surface area contributed by atoms with Gasteiger partial charge in [-0.3, -0.25) is 0 Å². The number of carbonyl (C=O) groups excluding carboxylic acids is 1. The SMILES string of the molecule is Cc1cc(/C(N)=N\O)cc(C)c1C=CC(=O)OC(C)(C)C. The number of rotatable bonds is 3. The molecule has 0 aliphatic heterocycles. The van der Waals surface area contributed by atoms with Crippen LogP contribution in [0.5, 0.6) is 0 Å². The zero-order valence-corrected chi connectivity index (χ0v) is 13.1. The van der Waals surface area contributed by atoms with E-state index >= 15 is 0 Å². The van der Waals surface area contributed by atoms with Crippen LogP contribution < -0.4 is 5.73 Å². The molecule has 0 fully saturated rings. The average Bonchev–Trinajstić information content (AvgIpc) is 2.34. The molecule has 0 aliphatic rings. The number of carbonyl (C=O) groups is 1. The summed E-state index contributed by atoms with van der Waals surface area (Å²) in [7, 11) is 0. The molecule has 0 aromatic heterocycles. The summed E-state index contributed by atoms with van der Waals surface area (Å²) in [5.41, 5.74) is 8.48. The number of aryl methyl sites for hydroxylation is 2. The lowest BCUT2D eigenvalue weighted by atomic mass is 9.98. The second-order valence-corrected chi connectivity index (χ2v) is 5.88. The van der Waals surface area contributed by atoms with Crippen molar-refractivity contribution in [2.75, 3.05) is 0 Å². The first kappa shape index (κ1) is 16.8. The Labute approximate surface area is 125 Å². The molecule has 0 saturated carbocycles. The third-order valence-electron chi connectivity index (χ3n) is 2.79. The van der Waals surface area contributed by atoms with Crippen LogP contribution in [0.3, 0.4) is 0 Å². The molecule has 1 rings (SSSR count). The van der Waals surface area contributed by atoms with Gasteiger partial charge in [-0.25, -0.2) is 4.79 Å². The fourth-order valence-corrected chi connectivity index (χ4v) is 1.93. The van der Waals surface area contributed by atoms with E-state index in [4.69, 9.17) is 15.7 Å². The maximum Gasteiger partial charge on any atom is 0.331 e. The Hall–Kier alpha value is -2.30. The predicted octanol–water partition coefficient (Wildman–Crippen LogP) is 2.75. The summed E-state index contributed by atoms with van der Waals surface area (Å²) >= 11 is 0. The van der Waals surface area contributed by atoms with Crippen molar-refractivity contribution >= 4 is 17.9 Å². The van der Waals surface area contributed by atoms with E-state index in [0.717, 1.165) is 16.7 Å². The zero-order chi connectivity index (χ0) is 16.2. The van der Waals surface area contributed by atoms with Crippen molar-refractivity contribution in [2.45, 2.75) is 40.2 Å². The molecule has 0 spiro atoms. The average molecular weight is 290 g/mol. The molecule has 0 unspecified atom stereocenters. The minimum atomic E-state index is -0.512. The van der Waals surface area contributed by atoms with Gasteiger partial charge in [0, 0.05) is 11.6 Å². The summed E-state index contributed by atoms with van der Waals surface area (Å²) < 4.78 is 5.22. The highest BCUT2D eigenvalue weighted by Gasteiger charge is 2.14. The standard InChI is InChI=1S/C16H22N2O3/c1-10-8-12(15(17)18-20)9-11(2)13(10)6-7-14(19)21-16(3,4)5/h6-9,20H,1-5H3,(H2,17,18). The first-order valence-electron chi connectivity index (χ1n) is 6.64. The number of nitrogens with zero attached hydrogens (tertiary/aromatic N) is 1. The minimum Gasteiger partial charge on any atom is -0.457 e. The highest BCUT2D eigenvalue weighted by Crippen LogP contribution is 2.19. The third-order valence-corrected chi connectivity index (χ3v) is 2.79. The Balaban J connectivity index is 3.03. The quantitative estimate of drug-likeness (QED) is 0.224. The van der Waals surface area contributed by atoms with E-state index in [9.17, 15) is 4.79 Å². The van der Waals surface area contributed by atoms with Gasteiger partial charge >= 0.3 is 5.97 Å². The van der Waals surface area contributed by atoms with Gasteiger partial charge in [0.1, 0.15) is 5.60 Å². The number of amidine groups is 1. The number of benzene rings is 1. The van der Waals surface area contributed by atoms with Crippen LogP contribution in [0.25, 0.3) is 6.08 Å². The molecule has 1 aromatic rings. The van der Waals surface area contributed by atoms with E-state index in [0.29, 0.717) is 5.56 Å². The summed E-state index contributed by atoms with van der Waals surface area (Å²) in [6.45, 7) is 9.26. The Kier molecular flexibility index (Phi) is 5.13. The fourth-order valence-electron chi connectivity index (χ4n) is 1.93. The molecule has 0 bridgehead atoms. The molecule has 0 radical (unpaired) electrons. The van der Waals surface area contributed by atoms with Gasteiger partial charge in [-0.15, -0.1) is 0 Å². The Morgan fingerprint density at radius 3 is 2.24 bits per heavy atom. The zero-order valence-electron chi connectivity index (χ0n) is 13.1. The van der Waals surface area contributed by atoms with E-state index in [1.54, 1.807) is 18.2 Å². The van der Waals surface area contributed by atoms with E-state index in [-0.39, 0.29) is 11.8 Å². The van der Waals surface area contributed by atoms with Gasteiger partial charge in [0.05, 0.1) is 0 Å². The Bertz CT molecular complexity index is 573. The normalized spacial score (nSPS) is 12.7. The van der Waals surface area contributed by atoms with Crippen LogP contribution in [0.4, 0.5) is 0 Å². The van der Waals surface area contributed by atoms with Crippen LogP contribution in [0, 0.1) is 13.8 Å². The molecule has 114 valence electrons. The molecule has 0 heterocycles. The van der Waals surface area contributed by atoms with E-state index in [1.807, 2.05) is 34.6 Å². The van der Waals surface area contributed by atoms with Crippen molar-refractivity contribution in [3.05, 3.63) is 40.5 Å².